The van der Waals surface area contributed by atoms with Gasteiger partial charge in [0.25, 0.3) is 5.91 Å². The van der Waals surface area contributed by atoms with Gasteiger partial charge in [-0.1, -0.05) is 54.9 Å². The molecule has 0 spiro atoms. The Hall–Kier alpha value is -2.53. The molecule has 2 rings (SSSR count). The minimum Gasteiger partial charge on any atom is -0.484 e. The molecular formula is C22H27ClN2O3. The third kappa shape index (κ3) is 6.89. The molecule has 0 heterocycles. The second-order valence-corrected chi connectivity index (χ2v) is 6.97. The summed E-state index contributed by atoms with van der Waals surface area (Å²) in [5.41, 5.74) is 1.11. The molecule has 1 atom stereocenters. The molecule has 0 aromatic heterocycles. The molecule has 0 aliphatic heterocycles. The molecule has 150 valence electrons. The summed E-state index contributed by atoms with van der Waals surface area (Å²) in [6.45, 7) is 4.60. The topological polar surface area (TPSA) is 58.6 Å². The zero-order valence-electron chi connectivity index (χ0n) is 16.4. The van der Waals surface area contributed by atoms with Crippen molar-refractivity contribution in [2.24, 2.45) is 0 Å². The van der Waals surface area contributed by atoms with Crippen molar-refractivity contribution in [2.45, 2.75) is 32.7 Å². The first-order valence-electron chi connectivity index (χ1n) is 9.50. The largest absolute Gasteiger partial charge is 0.484 e. The number of halogens is 1. The maximum atomic E-state index is 12.8. The molecule has 0 aliphatic rings. The summed E-state index contributed by atoms with van der Waals surface area (Å²) in [6, 6.07) is 16.2. The lowest BCUT2D eigenvalue weighted by Crippen LogP contribution is -2.50. The van der Waals surface area contributed by atoms with Crippen LogP contribution in [0.15, 0.2) is 54.6 Å². The fraction of sp³-hybridized carbons (Fsp3) is 0.364. The fourth-order valence-electron chi connectivity index (χ4n) is 2.75. The maximum absolute atomic E-state index is 12.8. The smallest absolute Gasteiger partial charge is 0.261 e. The summed E-state index contributed by atoms with van der Waals surface area (Å²) >= 11 is 5.95. The molecule has 0 radical (unpaired) electrons. The molecule has 6 heteroatoms. The number of nitrogens with one attached hydrogen (secondary N) is 1. The first-order valence-corrected chi connectivity index (χ1v) is 9.88. The minimum atomic E-state index is -0.578. The highest BCUT2D eigenvalue weighted by atomic mass is 35.5. The molecule has 5 nitrogen and oxygen atoms in total. The van der Waals surface area contributed by atoms with Gasteiger partial charge in [-0.05, 0) is 43.5 Å². The van der Waals surface area contributed by atoms with Crippen LogP contribution in [0.3, 0.4) is 0 Å². The Morgan fingerprint density at radius 2 is 1.89 bits per heavy atom. The van der Waals surface area contributed by atoms with Crippen molar-refractivity contribution in [3.05, 3.63) is 65.2 Å². The Balaban J connectivity index is 2.04. The van der Waals surface area contributed by atoms with Crippen LogP contribution in [-0.4, -0.2) is 42.5 Å². The number of rotatable bonds is 10. The van der Waals surface area contributed by atoms with Crippen molar-refractivity contribution in [1.82, 2.24) is 10.2 Å². The number of amides is 2. The summed E-state index contributed by atoms with van der Waals surface area (Å²) in [4.78, 5) is 26.8. The van der Waals surface area contributed by atoms with Crippen molar-refractivity contribution in [2.75, 3.05) is 19.7 Å². The van der Waals surface area contributed by atoms with Gasteiger partial charge in [0, 0.05) is 18.1 Å². The Kier molecular flexibility index (Phi) is 8.82. The first kappa shape index (κ1) is 21.8. The highest BCUT2D eigenvalue weighted by molar-refractivity contribution is 6.30. The predicted octanol–water partition coefficient (Wildman–Crippen LogP) is 3.70. The number of carbonyl (C=O) groups excluding carboxylic acids is 2. The second-order valence-electron chi connectivity index (χ2n) is 6.54. The van der Waals surface area contributed by atoms with Crippen LogP contribution in [-0.2, 0) is 16.0 Å². The van der Waals surface area contributed by atoms with Gasteiger partial charge in [-0.15, -0.1) is 0 Å². The van der Waals surface area contributed by atoms with E-state index >= 15 is 0 Å². The summed E-state index contributed by atoms with van der Waals surface area (Å²) < 4.78 is 5.59. The molecular weight excluding hydrogens is 376 g/mol. The molecule has 1 N–H and O–H groups in total. The van der Waals surface area contributed by atoms with Gasteiger partial charge in [0.05, 0.1) is 0 Å². The van der Waals surface area contributed by atoms with Crippen LogP contribution < -0.4 is 10.1 Å². The number of carbonyl (C=O) groups is 2. The lowest BCUT2D eigenvalue weighted by Gasteiger charge is -2.28. The lowest BCUT2D eigenvalue weighted by molar-refractivity contribution is -0.141. The fourth-order valence-corrected chi connectivity index (χ4v) is 2.93. The molecule has 0 saturated carbocycles. The van der Waals surface area contributed by atoms with E-state index in [2.05, 4.69) is 5.32 Å². The third-order valence-corrected chi connectivity index (χ3v) is 4.59. The zero-order chi connectivity index (χ0) is 20.4. The number of benzene rings is 2. The Morgan fingerprint density at radius 3 is 2.57 bits per heavy atom. The Morgan fingerprint density at radius 1 is 1.14 bits per heavy atom. The monoisotopic (exact) mass is 402 g/mol. The van der Waals surface area contributed by atoms with Crippen LogP contribution in [0.2, 0.25) is 5.02 Å². The summed E-state index contributed by atoms with van der Waals surface area (Å²) in [7, 11) is 0. The average Bonchev–Trinajstić information content (AvgIpc) is 2.71. The molecule has 2 amide bonds. The van der Waals surface area contributed by atoms with Crippen molar-refractivity contribution in [1.29, 1.82) is 0 Å². The molecule has 28 heavy (non-hydrogen) atoms. The number of ether oxygens (including phenoxy) is 1. The van der Waals surface area contributed by atoms with Crippen LogP contribution in [0.5, 0.6) is 5.75 Å². The lowest BCUT2D eigenvalue weighted by atomic mass is 10.1. The normalized spacial score (nSPS) is 11.5. The second kappa shape index (κ2) is 11.3. The van der Waals surface area contributed by atoms with Gasteiger partial charge in [-0.3, -0.25) is 9.59 Å². The van der Waals surface area contributed by atoms with Crippen LogP contribution in [0.4, 0.5) is 0 Å². The SMILES string of the molecule is CCCNC(=O)C(C)N(CCc1ccccc1)C(=O)COc1cccc(Cl)c1. The van der Waals surface area contributed by atoms with E-state index in [4.69, 9.17) is 16.3 Å². The van der Waals surface area contributed by atoms with E-state index in [9.17, 15) is 9.59 Å². The highest BCUT2D eigenvalue weighted by Crippen LogP contribution is 2.17. The van der Waals surface area contributed by atoms with Gasteiger partial charge in [0.2, 0.25) is 5.91 Å². The summed E-state index contributed by atoms with van der Waals surface area (Å²) in [5, 5.41) is 3.40. The van der Waals surface area contributed by atoms with E-state index in [1.54, 1.807) is 36.1 Å². The molecule has 0 fully saturated rings. The van der Waals surface area contributed by atoms with Gasteiger partial charge >= 0.3 is 0 Å². The predicted molar refractivity (Wildman–Crippen MR) is 112 cm³/mol. The van der Waals surface area contributed by atoms with Crippen LogP contribution in [0.1, 0.15) is 25.8 Å². The van der Waals surface area contributed by atoms with Crippen molar-refractivity contribution in [3.63, 3.8) is 0 Å². The summed E-state index contributed by atoms with van der Waals surface area (Å²) in [6.07, 6.45) is 1.50. The first-order chi connectivity index (χ1) is 13.5. The maximum Gasteiger partial charge on any atom is 0.261 e. The average molecular weight is 403 g/mol. The zero-order valence-corrected chi connectivity index (χ0v) is 17.1. The summed E-state index contributed by atoms with van der Waals surface area (Å²) in [5.74, 6) is 0.119. The minimum absolute atomic E-state index is 0.152. The Labute approximate surface area is 171 Å². The van der Waals surface area contributed by atoms with E-state index in [1.165, 1.54) is 0 Å². The van der Waals surface area contributed by atoms with Gasteiger partial charge in [-0.25, -0.2) is 0 Å². The van der Waals surface area contributed by atoms with E-state index in [0.29, 0.717) is 30.3 Å². The van der Waals surface area contributed by atoms with Crippen molar-refractivity contribution < 1.29 is 14.3 Å². The van der Waals surface area contributed by atoms with Crippen molar-refractivity contribution in [3.8, 4) is 5.75 Å². The van der Waals surface area contributed by atoms with E-state index in [0.717, 1.165) is 12.0 Å². The van der Waals surface area contributed by atoms with Gasteiger partial charge in [0.15, 0.2) is 6.61 Å². The van der Waals surface area contributed by atoms with Crippen LogP contribution in [0.25, 0.3) is 0 Å². The molecule has 0 bridgehead atoms. The molecule has 0 aliphatic carbocycles. The number of hydrogen-bond donors (Lipinski definition) is 1. The van der Waals surface area contributed by atoms with E-state index in [-0.39, 0.29) is 18.4 Å². The molecule has 2 aromatic carbocycles. The van der Waals surface area contributed by atoms with Gasteiger partial charge in [0.1, 0.15) is 11.8 Å². The number of hydrogen-bond acceptors (Lipinski definition) is 3. The molecule has 2 aromatic rings. The highest BCUT2D eigenvalue weighted by Gasteiger charge is 2.25. The van der Waals surface area contributed by atoms with Gasteiger partial charge in [-0.2, -0.15) is 0 Å². The van der Waals surface area contributed by atoms with Crippen molar-refractivity contribution >= 4 is 23.4 Å². The Bertz CT molecular complexity index is 767. The molecule has 0 saturated heterocycles. The number of nitrogens with zero attached hydrogens (tertiary/aromatic N) is 1. The quantitative estimate of drug-likeness (QED) is 0.659. The third-order valence-electron chi connectivity index (χ3n) is 4.36. The molecule has 1 unspecified atom stereocenters. The van der Waals surface area contributed by atoms with Crippen LogP contribution >= 0.6 is 11.6 Å². The van der Waals surface area contributed by atoms with Crippen LogP contribution in [0, 0.1) is 0 Å². The van der Waals surface area contributed by atoms with E-state index in [1.807, 2.05) is 37.3 Å². The standard InChI is InChI=1S/C22H27ClN2O3/c1-3-13-24-22(27)17(2)25(14-12-18-8-5-4-6-9-18)21(26)16-28-20-11-7-10-19(23)15-20/h4-11,15,17H,3,12-14,16H2,1-2H3,(H,24,27). The van der Waals surface area contributed by atoms with E-state index < -0.39 is 6.04 Å². The van der Waals surface area contributed by atoms with Gasteiger partial charge < -0.3 is 15.0 Å².